The number of hydrogen-bond acceptors (Lipinski definition) is 9. The molecule has 5 heterocycles. The van der Waals surface area contributed by atoms with E-state index in [1.54, 1.807) is 0 Å². The van der Waals surface area contributed by atoms with Crippen LogP contribution < -0.4 is 10.6 Å². The minimum atomic E-state index is -0.893. The average Bonchev–Trinajstić information content (AvgIpc) is 4.23. The molecule has 15 nitrogen and oxygen atoms in total. The molecule has 2 bridgehead atoms. The first-order chi connectivity index (χ1) is 32.3. The smallest absolute Gasteiger partial charge is 0.407 e. The molecule has 4 aliphatic rings. The van der Waals surface area contributed by atoms with Crippen molar-refractivity contribution >= 4 is 67.6 Å². The predicted octanol–water partition coefficient (Wildman–Crippen LogP) is 8.38. The molecule has 0 radical (unpaired) electrons. The number of ether oxygens (including phenoxy) is 3. The number of benzene rings is 5. The summed E-state index contributed by atoms with van der Waals surface area (Å²) in [6, 6.07) is 28.5. The van der Waals surface area contributed by atoms with Crippen molar-refractivity contribution in [2.45, 2.75) is 75.2 Å². The number of fused-ring (bicyclic) bond motifs is 8. The standard InChI is InChI=1S/C51H52N8O7/c1-64-50(62)56-41(28-7-4-3-5-8-28)48(60)58-22-6-9-40(58)46-52-38-18-13-32-25-30(11-16-36(32)43(38)54-46)31-12-17-37-33(26-31)14-19-39-44(37)55-47(53-39)45-34-10-15-35(27-34)59(45)49(61)42(57-51(63)65-2)29-20-23-66-24-21-29/h3-5,7-8,11-14,16-19,25-26,29,34-35,40-42,45H,6,9-10,15,20-24,27H2,1-2H3,(H,52,54)(H,53,55)(H,56,62)(H,57,63)/t34-,35+,40-,41+,42-,45?/m0/s1. The van der Waals surface area contributed by atoms with E-state index in [4.69, 9.17) is 24.2 Å². The summed E-state index contributed by atoms with van der Waals surface area (Å²) in [5.74, 6) is 1.47. The second-order valence-electron chi connectivity index (χ2n) is 18.2. The molecule has 338 valence electrons. The number of methoxy groups -OCH3 is 2. The lowest BCUT2D eigenvalue weighted by Crippen LogP contribution is -2.55. The van der Waals surface area contributed by atoms with Gasteiger partial charge in [0.25, 0.3) is 5.91 Å². The summed E-state index contributed by atoms with van der Waals surface area (Å²) < 4.78 is 15.4. The number of hydrogen-bond donors (Lipinski definition) is 4. The molecule has 66 heavy (non-hydrogen) atoms. The maximum absolute atomic E-state index is 14.5. The summed E-state index contributed by atoms with van der Waals surface area (Å²) in [4.78, 5) is 74.9. The molecule has 1 aliphatic carbocycles. The Labute approximate surface area is 380 Å². The van der Waals surface area contributed by atoms with Crippen molar-refractivity contribution in [3.8, 4) is 11.1 Å². The second kappa shape index (κ2) is 17.1. The van der Waals surface area contributed by atoms with Gasteiger partial charge in [0.05, 0.1) is 48.4 Å². The van der Waals surface area contributed by atoms with Crippen LogP contribution in [0.1, 0.15) is 80.3 Å². The maximum Gasteiger partial charge on any atom is 0.407 e. The number of amides is 4. The summed E-state index contributed by atoms with van der Waals surface area (Å²) >= 11 is 0. The monoisotopic (exact) mass is 888 g/mol. The van der Waals surface area contributed by atoms with Crippen LogP contribution in [0.4, 0.5) is 9.59 Å². The van der Waals surface area contributed by atoms with Crippen molar-refractivity contribution in [1.82, 2.24) is 40.4 Å². The first kappa shape index (κ1) is 41.7. The van der Waals surface area contributed by atoms with Gasteiger partial charge in [0.15, 0.2) is 0 Å². The van der Waals surface area contributed by atoms with E-state index in [9.17, 15) is 19.2 Å². The zero-order valence-corrected chi connectivity index (χ0v) is 36.9. The molecule has 3 saturated heterocycles. The molecular weight excluding hydrogens is 837 g/mol. The first-order valence-electron chi connectivity index (χ1n) is 23.1. The van der Waals surface area contributed by atoms with Crippen molar-refractivity contribution in [2.24, 2.45) is 11.8 Å². The number of imidazole rings is 2. The van der Waals surface area contributed by atoms with E-state index in [-0.39, 0.29) is 41.8 Å². The summed E-state index contributed by atoms with van der Waals surface area (Å²) in [6.07, 6.45) is 4.56. The Morgan fingerprint density at radius 2 is 1.35 bits per heavy atom. The maximum atomic E-state index is 14.5. The van der Waals surface area contributed by atoms with E-state index in [1.807, 2.05) is 46.2 Å². The number of alkyl carbamates (subject to hydrolysis) is 2. The lowest BCUT2D eigenvalue weighted by Gasteiger charge is -2.39. The Bertz CT molecular complexity index is 3020. The second-order valence-corrected chi connectivity index (χ2v) is 18.2. The van der Waals surface area contributed by atoms with Crippen molar-refractivity contribution in [3.63, 3.8) is 0 Å². The van der Waals surface area contributed by atoms with E-state index in [0.717, 1.165) is 92.7 Å². The van der Waals surface area contributed by atoms with Gasteiger partial charge in [-0.2, -0.15) is 0 Å². The summed E-state index contributed by atoms with van der Waals surface area (Å²) in [7, 11) is 2.62. The van der Waals surface area contributed by atoms with E-state index in [0.29, 0.717) is 44.0 Å². The van der Waals surface area contributed by atoms with Crippen molar-refractivity contribution in [3.05, 3.63) is 108 Å². The van der Waals surface area contributed by atoms with Crippen molar-refractivity contribution < 1.29 is 33.4 Å². The van der Waals surface area contributed by atoms with Crippen LogP contribution in [0.2, 0.25) is 0 Å². The number of carbonyl (C=O) groups is 4. The molecule has 3 aliphatic heterocycles. The molecule has 4 N–H and O–H groups in total. The fourth-order valence-corrected chi connectivity index (χ4v) is 11.3. The molecular formula is C51H52N8O7. The zero-order chi connectivity index (χ0) is 45.1. The van der Waals surface area contributed by atoms with Gasteiger partial charge in [-0.1, -0.05) is 66.7 Å². The van der Waals surface area contributed by atoms with Gasteiger partial charge in [0.1, 0.15) is 23.7 Å². The number of carbonyl (C=O) groups excluding carboxylic acids is 4. The van der Waals surface area contributed by atoms with E-state index >= 15 is 0 Å². The van der Waals surface area contributed by atoms with Gasteiger partial charge in [-0.25, -0.2) is 19.6 Å². The molecule has 1 saturated carbocycles. The molecule has 4 amide bonds. The summed E-state index contributed by atoms with van der Waals surface area (Å²) in [6.45, 7) is 1.67. The fraction of sp³-hybridized carbons (Fsp3) is 0.373. The fourth-order valence-electron chi connectivity index (χ4n) is 11.3. The lowest BCUT2D eigenvalue weighted by molar-refractivity contribution is -0.140. The minimum Gasteiger partial charge on any atom is -0.453 e. The molecule has 7 aromatic rings. The molecule has 0 spiro atoms. The molecule has 6 atom stereocenters. The van der Waals surface area contributed by atoms with Crippen LogP contribution in [0, 0.1) is 11.8 Å². The first-order valence-corrected chi connectivity index (χ1v) is 23.1. The Hall–Kier alpha value is -7.00. The van der Waals surface area contributed by atoms with Crippen LogP contribution in [0.3, 0.4) is 0 Å². The lowest BCUT2D eigenvalue weighted by atomic mass is 9.89. The van der Waals surface area contributed by atoms with Crippen LogP contribution in [0.15, 0.2) is 91.0 Å². The molecule has 5 aromatic carbocycles. The number of piperidine rings is 1. The van der Waals surface area contributed by atoms with Crippen molar-refractivity contribution in [2.75, 3.05) is 34.0 Å². The number of aromatic amines is 2. The van der Waals surface area contributed by atoms with Crippen LogP contribution in [0.5, 0.6) is 0 Å². The minimum absolute atomic E-state index is 0.0357. The highest BCUT2D eigenvalue weighted by Gasteiger charge is 2.52. The summed E-state index contributed by atoms with van der Waals surface area (Å²) in [5.41, 5.74) is 6.33. The molecule has 2 aromatic heterocycles. The van der Waals surface area contributed by atoms with Gasteiger partial charge in [-0.15, -0.1) is 0 Å². The molecule has 1 unspecified atom stereocenters. The predicted molar refractivity (Wildman–Crippen MR) is 248 cm³/mol. The van der Waals surface area contributed by atoms with Gasteiger partial charge >= 0.3 is 12.2 Å². The number of H-pyrrole nitrogens is 2. The molecule has 15 heteroatoms. The SMILES string of the molecule is COC(=O)N[C@H](C(=O)N1C(c2nc3c(ccc4cc(-c5ccc6c(ccc7[nH]c([C@@H]8CCCN8C(=O)[C@H](NC(=O)OC)c8ccccc8)nc76)c5)ccc43)[nH]2)[C@H]2CC[C@@H]1C2)C1CCOCC1. The van der Waals surface area contributed by atoms with E-state index in [1.165, 1.54) is 14.2 Å². The van der Waals surface area contributed by atoms with Gasteiger partial charge in [0.2, 0.25) is 5.91 Å². The van der Waals surface area contributed by atoms with E-state index < -0.39 is 24.3 Å². The van der Waals surface area contributed by atoms with Crippen LogP contribution in [-0.4, -0.2) is 99.8 Å². The molecule has 11 rings (SSSR count). The van der Waals surface area contributed by atoms with Crippen LogP contribution in [-0.2, 0) is 23.8 Å². The quantitative estimate of drug-likeness (QED) is 0.111. The number of nitrogens with zero attached hydrogens (tertiary/aromatic N) is 4. The van der Waals surface area contributed by atoms with Gasteiger partial charge < -0.3 is 44.6 Å². The number of nitrogens with one attached hydrogen (secondary N) is 4. The van der Waals surface area contributed by atoms with Crippen molar-refractivity contribution in [1.29, 1.82) is 0 Å². The Kier molecular flexibility index (Phi) is 10.8. The highest BCUT2D eigenvalue weighted by atomic mass is 16.5. The number of rotatable bonds is 9. The Balaban J connectivity index is 0.861. The van der Waals surface area contributed by atoms with Gasteiger partial charge in [-0.05, 0) is 109 Å². The van der Waals surface area contributed by atoms with Gasteiger partial charge in [-0.3, -0.25) is 9.59 Å². The highest BCUT2D eigenvalue weighted by Crippen LogP contribution is 2.51. The van der Waals surface area contributed by atoms with Crippen LogP contribution in [0.25, 0.3) is 54.7 Å². The third-order valence-corrected chi connectivity index (χ3v) is 14.6. The zero-order valence-electron chi connectivity index (χ0n) is 36.9. The number of aromatic nitrogens is 4. The van der Waals surface area contributed by atoms with E-state index in [2.05, 4.69) is 75.2 Å². The molecule has 4 fully saturated rings. The largest absolute Gasteiger partial charge is 0.453 e. The third kappa shape index (κ3) is 7.35. The topological polar surface area (TPSA) is 184 Å². The highest BCUT2D eigenvalue weighted by molar-refractivity contribution is 6.07. The summed E-state index contributed by atoms with van der Waals surface area (Å²) in [5, 5.41) is 9.76. The average molecular weight is 889 g/mol. The van der Waals surface area contributed by atoms with Gasteiger partial charge in [0, 0.05) is 36.6 Å². The number of likely N-dealkylation sites (tertiary alicyclic amines) is 2. The third-order valence-electron chi connectivity index (χ3n) is 14.6. The van der Waals surface area contributed by atoms with Crippen LogP contribution >= 0.6 is 0 Å². The Morgan fingerprint density at radius 1 is 0.712 bits per heavy atom. The Morgan fingerprint density at radius 3 is 2.02 bits per heavy atom. The normalized spacial score (nSPS) is 21.7.